The van der Waals surface area contributed by atoms with Gasteiger partial charge in [0.05, 0.1) is 28.5 Å². The highest BCUT2D eigenvalue weighted by Crippen LogP contribution is 2.44. The molecule has 2 N–H and O–H groups in total. The molecule has 1 spiro atoms. The number of aliphatic hydroxyl groups is 1. The van der Waals surface area contributed by atoms with Gasteiger partial charge in [0, 0.05) is 24.8 Å². The summed E-state index contributed by atoms with van der Waals surface area (Å²) in [5.41, 5.74) is 1.79. The standard InChI is InChI=1S/C28H23F3N6O4/c29-28(30,31)14-41-19-4-5-20-16(9-19)7-8-27(20)11-21-23(25(39)35-27)24(26(40)34-17-2-3-18(38)10-17)37(36-21)22-6-1-15(12-32)13-33-22/h1,4-6,9,13,18,38H,2-3,7-8,10-11,14H2,(H,35,39)/t18-,27+/m1/s1. The lowest BCUT2D eigenvalue weighted by Gasteiger charge is -2.35. The van der Waals surface area contributed by atoms with E-state index < -0.39 is 36.2 Å². The van der Waals surface area contributed by atoms with Crippen molar-refractivity contribution in [1.82, 2.24) is 20.1 Å². The van der Waals surface area contributed by atoms with Crippen molar-refractivity contribution in [3.8, 4) is 17.6 Å². The molecule has 41 heavy (non-hydrogen) atoms. The summed E-state index contributed by atoms with van der Waals surface area (Å²) in [5, 5.41) is 26.7. The molecule has 2 aliphatic carbocycles. The normalized spacial score (nSPS) is 22.4. The fourth-order valence-corrected chi connectivity index (χ4v) is 5.78. The maximum Gasteiger partial charge on any atom is 0.422 e. The van der Waals surface area contributed by atoms with E-state index in [4.69, 9.17) is 10.00 Å². The van der Waals surface area contributed by atoms with Crippen LogP contribution in [-0.2, 0) is 18.4 Å². The number of benzene rings is 1. The van der Waals surface area contributed by atoms with Gasteiger partial charge < -0.3 is 15.2 Å². The number of rotatable bonds is 4. The number of fused-ring (bicyclic) bond motifs is 3. The number of aliphatic imine (C=N–C) groups is 1. The lowest BCUT2D eigenvalue weighted by Crippen LogP contribution is -2.50. The predicted octanol–water partition coefficient (Wildman–Crippen LogP) is 3.33. The van der Waals surface area contributed by atoms with E-state index in [1.54, 1.807) is 12.1 Å². The SMILES string of the molecule is N#Cc1ccc(-n2nc3c(c2C(=O)N=C2CC[C@@H](O)C2)C(=O)N[C@@]2(CCc4cc(OCC(F)(F)F)ccc42)C3)nc1. The van der Waals surface area contributed by atoms with Gasteiger partial charge in [-0.1, -0.05) is 6.07 Å². The number of hydrogen-bond acceptors (Lipinski definition) is 7. The van der Waals surface area contributed by atoms with E-state index in [9.17, 15) is 27.9 Å². The van der Waals surface area contributed by atoms with Crippen LogP contribution in [0.15, 0.2) is 41.5 Å². The molecule has 2 atom stereocenters. The number of carbonyl (C=O) groups is 2. The molecule has 1 aromatic carbocycles. The summed E-state index contributed by atoms with van der Waals surface area (Å²) in [6.07, 6.45) is -1.31. The number of aliphatic hydroxyl groups excluding tert-OH is 1. The van der Waals surface area contributed by atoms with Crippen molar-refractivity contribution in [3.63, 3.8) is 0 Å². The third-order valence-electron chi connectivity index (χ3n) is 7.62. The summed E-state index contributed by atoms with van der Waals surface area (Å²) in [5.74, 6) is -0.931. The molecule has 1 fully saturated rings. The van der Waals surface area contributed by atoms with Gasteiger partial charge in [-0.25, -0.2) is 14.7 Å². The van der Waals surface area contributed by atoms with Gasteiger partial charge >= 0.3 is 6.18 Å². The summed E-state index contributed by atoms with van der Waals surface area (Å²) < 4.78 is 44.0. The van der Waals surface area contributed by atoms with E-state index in [1.807, 2.05) is 6.07 Å². The molecule has 3 aliphatic rings. The number of nitrogens with zero attached hydrogens (tertiary/aromatic N) is 5. The minimum absolute atomic E-state index is 0.0632. The number of carbonyl (C=O) groups excluding carboxylic acids is 2. The van der Waals surface area contributed by atoms with Crippen LogP contribution < -0.4 is 10.1 Å². The number of halogens is 3. The molecule has 0 unspecified atom stereocenters. The first-order valence-corrected chi connectivity index (χ1v) is 13.0. The van der Waals surface area contributed by atoms with Crippen LogP contribution >= 0.6 is 0 Å². The van der Waals surface area contributed by atoms with Crippen LogP contribution in [0.1, 0.15) is 68.9 Å². The number of alkyl halides is 3. The second-order valence-electron chi connectivity index (χ2n) is 10.4. The number of nitriles is 1. The van der Waals surface area contributed by atoms with Crippen molar-refractivity contribution in [2.75, 3.05) is 6.61 Å². The summed E-state index contributed by atoms with van der Waals surface area (Å²) >= 11 is 0. The van der Waals surface area contributed by atoms with Gasteiger partial charge in [0.15, 0.2) is 12.4 Å². The molecule has 0 radical (unpaired) electrons. The zero-order chi connectivity index (χ0) is 28.9. The van der Waals surface area contributed by atoms with Crippen LogP contribution in [0.4, 0.5) is 13.2 Å². The Morgan fingerprint density at radius 1 is 1.29 bits per heavy atom. The van der Waals surface area contributed by atoms with E-state index in [2.05, 4.69) is 20.4 Å². The molecular formula is C28H23F3N6O4. The Labute approximate surface area is 231 Å². The molecule has 2 amide bonds. The van der Waals surface area contributed by atoms with Gasteiger partial charge in [-0.3, -0.25) is 9.59 Å². The fourth-order valence-electron chi connectivity index (χ4n) is 5.78. The summed E-state index contributed by atoms with van der Waals surface area (Å²) in [7, 11) is 0. The molecule has 210 valence electrons. The van der Waals surface area contributed by atoms with Gasteiger partial charge in [0.2, 0.25) is 0 Å². The monoisotopic (exact) mass is 564 g/mol. The minimum atomic E-state index is -4.46. The molecule has 3 heterocycles. The topological polar surface area (TPSA) is 142 Å². The zero-order valence-corrected chi connectivity index (χ0v) is 21.5. The van der Waals surface area contributed by atoms with E-state index in [-0.39, 0.29) is 35.7 Å². The molecule has 0 saturated heterocycles. The third kappa shape index (κ3) is 4.95. The van der Waals surface area contributed by atoms with Gasteiger partial charge in [0.25, 0.3) is 11.8 Å². The highest BCUT2D eigenvalue weighted by Gasteiger charge is 2.47. The fraction of sp³-hybridized carbons (Fsp3) is 0.357. The Morgan fingerprint density at radius 3 is 2.80 bits per heavy atom. The maximum atomic E-state index is 13.7. The first kappa shape index (κ1) is 26.6. The van der Waals surface area contributed by atoms with E-state index in [1.165, 1.54) is 29.1 Å². The van der Waals surface area contributed by atoms with Crippen molar-refractivity contribution >= 4 is 17.5 Å². The van der Waals surface area contributed by atoms with Crippen molar-refractivity contribution in [3.05, 3.63) is 70.2 Å². The van der Waals surface area contributed by atoms with Gasteiger partial charge in [-0.2, -0.15) is 23.5 Å². The zero-order valence-electron chi connectivity index (χ0n) is 21.5. The average Bonchev–Trinajstić information content (AvgIpc) is 3.62. The first-order valence-electron chi connectivity index (χ1n) is 13.0. The van der Waals surface area contributed by atoms with Crippen LogP contribution in [0, 0.1) is 11.3 Å². The smallest absolute Gasteiger partial charge is 0.422 e. The lowest BCUT2D eigenvalue weighted by molar-refractivity contribution is -0.153. The number of aryl methyl sites for hydroxylation is 1. The molecule has 0 bridgehead atoms. The summed E-state index contributed by atoms with van der Waals surface area (Å²) in [4.78, 5) is 35.6. The number of nitrogens with one attached hydrogen (secondary N) is 1. The van der Waals surface area contributed by atoms with Crippen LogP contribution in [0.25, 0.3) is 5.82 Å². The number of ether oxygens (including phenoxy) is 1. The summed E-state index contributed by atoms with van der Waals surface area (Å²) in [6.45, 7) is -1.40. The lowest BCUT2D eigenvalue weighted by atomic mass is 9.82. The van der Waals surface area contributed by atoms with Crippen LogP contribution in [-0.4, -0.2) is 56.3 Å². The molecular weight excluding hydrogens is 541 g/mol. The van der Waals surface area contributed by atoms with Crippen LogP contribution in [0.2, 0.25) is 0 Å². The van der Waals surface area contributed by atoms with Crippen LogP contribution in [0.3, 0.4) is 0 Å². The van der Waals surface area contributed by atoms with Crippen molar-refractivity contribution in [2.24, 2.45) is 4.99 Å². The first-order chi connectivity index (χ1) is 19.5. The van der Waals surface area contributed by atoms with Crippen molar-refractivity contribution < 1.29 is 32.6 Å². The number of aromatic nitrogens is 3. The van der Waals surface area contributed by atoms with E-state index >= 15 is 0 Å². The Balaban J connectivity index is 1.39. The van der Waals surface area contributed by atoms with E-state index in [0.717, 1.165) is 11.1 Å². The average molecular weight is 565 g/mol. The largest absolute Gasteiger partial charge is 0.484 e. The van der Waals surface area contributed by atoms with Crippen LogP contribution in [0.5, 0.6) is 5.75 Å². The number of amides is 2. The second kappa shape index (κ2) is 9.81. The predicted molar refractivity (Wildman–Crippen MR) is 137 cm³/mol. The summed E-state index contributed by atoms with van der Waals surface area (Å²) in [6, 6.07) is 9.66. The van der Waals surface area contributed by atoms with Crippen molar-refractivity contribution in [1.29, 1.82) is 5.26 Å². The van der Waals surface area contributed by atoms with Gasteiger partial charge in [-0.05, 0) is 61.1 Å². The Bertz CT molecular complexity index is 1640. The molecule has 2 aromatic heterocycles. The molecule has 3 aromatic rings. The van der Waals surface area contributed by atoms with E-state index in [0.29, 0.717) is 42.7 Å². The third-order valence-corrected chi connectivity index (χ3v) is 7.62. The molecule has 13 heteroatoms. The Morgan fingerprint density at radius 2 is 2.12 bits per heavy atom. The quantitative estimate of drug-likeness (QED) is 0.495. The number of hydrogen-bond donors (Lipinski definition) is 2. The minimum Gasteiger partial charge on any atom is -0.484 e. The highest BCUT2D eigenvalue weighted by atomic mass is 19.4. The van der Waals surface area contributed by atoms with Gasteiger partial charge in [-0.15, -0.1) is 0 Å². The Kier molecular flexibility index (Phi) is 6.37. The second-order valence-corrected chi connectivity index (χ2v) is 10.4. The molecule has 1 saturated carbocycles. The van der Waals surface area contributed by atoms with Crippen molar-refractivity contribution in [2.45, 2.75) is 56.3 Å². The molecule has 6 rings (SSSR count). The van der Waals surface area contributed by atoms with Gasteiger partial charge in [0.1, 0.15) is 17.5 Å². The number of pyridine rings is 1. The highest BCUT2D eigenvalue weighted by molar-refractivity contribution is 6.11. The molecule has 1 aliphatic heterocycles. The maximum absolute atomic E-state index is 13.7. The molecule has 10 nitrogen and oxygen atoms in total. The Hall–Kier alpha value is -4.57.